The Morgan fingerprint density at radius 3 is 2.72 bits per heavy atom. The molecule has 102 valence electrons. The van der Waals surface area contributed by atoms with Crippen LogP contribution in [-0.4, -0.2) is 65.2 Å². The van der Waals surface area contributed by atoms with E-state index < -0.39 is 0 Å². The first-order valence-corrected chi connectivity index (χ1v) is 7.29. The van der Waals surface area contributed by atoms with Crippen molar-refractivity contribution in [3.8, 4) is 0 Å². The number of rotatable bonds is 6. The molecule has 8 heteroatoms. The van der Waals surface area contributed by atoms with Crippen LogP contribution < -0.4 is 5.32 Å². The fourth-order valence-corrected chi connectivity index (χ4v) is 3.06. The molecule has 0 aromatic carbocycles. The first-order chi connectivity index (χ1) is 8.26. The smallest absolute Gasteiger partial charge is 0.223 e. The van der Waals surface area contributed by atoms with Gasteiger partial charge in [0.1, 0.15) is 12.6 Å². The Hall–Kier alpha value is -0.700. The number of quaternary nitrogens is 1. The fourth-order valence-electron chi connectivity index (χ4n) is 1.32. The molecule has 0 aliphatic carbocycles. The minimum atomic E-state index is -0.386. The SMILES string of the molecule is CC(=O)Nc1nnc(SCC(O)C[N+](C)(C)C)s1. The maximum atomic E-state index is 10.8. The largest absolute Gasteiger partial charge is 0.386 e. The fraction of sp³-hybridized carbons (Fsp3) is 0.700. The van der Waals surface area contributed by atoms with E-state index in [2.05, 4.69) is 15.5 Å². The average molecular weight is 291 g/mol. The van der Waals surface area contributed by atoms with Crippen molar-refractivity contribution in [3.63, 3.8) is 0 Å². The van der Waals surface area contributed by atoms with E-state index in [-0.39, 0.29) is 12.0 Å². The van der Waals surface area contributed by atoms with Crippen LogP contribution in [-0.2, 0) is 4.79 Å². The Bertz CT molecular complexity index is 403. The Morgan fingerprint density at radius 2 is 2.17 bits per heavy atom. The molecule has 1 atom stereocenters. The van der Waals surface area contributed by atoms with Gasteiger partial charge < -0.3 is 14.9 Å². The van der Waals surface area contributed by atoms with Gasteiger partial charge in [0.25, 0.3) is 0 Å². The Labute approximate surface area is 115 Å². The third-order valence-corrected chi connectivity index (χ3v) is 3.96. The Morgan fingerprint density at radius 1 is 1.50 bits per heavy atom. The molecule has 0 saturated heterocycles. The highest BCUT2D eigenvalue weighted by molar-refractivity contribution is 8.01. The molecule has 1 unspecified atom stereocenters. The van der Waals surface area contributed by atoms with E-state index in [9.17, 15) is 9.90 Å². The Balaban J connectivity index is 2.39. The number of carbonyl (C=O) groups is 1. The van der Waals surface area contributed by atoms with E-state index >= 15 is 0 Å². The van der Waals surface area contributed by atoms with Crippen LogP contribution in [0.2, 0.25) is 0 Å². The quantitative estimate of drug-likeness (QED) is 0.457. The summed E-state index contributed by atoms with van der Waals surface area (Å²) in [7, 11) is 6.11. The van der Waals surface area contributed by atoms with E-state index in [4.69, 9.17) is 0 Å². The summed E-state index contributed by atoms with van der Waals surface area (Å²) in [5.41, 5.74) is 0. The Kier molecular flexibility index (Phi) is 5.51. The van der Waals surface area contributed by atoms with Crippen LogP contribution in [0.15, 0.2) is 4.34 Å². The molecule has 0 aliphatic rings. The number of anilines is 1. The van der Waals surface area contributed by atoms with Crippen LogP contribution in [0.25, 0.3) is 0 Å². The summed E-state index contributed by atoms with van der Waals surface area (Å²) in [5, 5.41) is 20.7. The van der Waals surface area contributed by atoms with Crippen molar-refractivity contribution in [3.05, 3.63) is 0 Å². The van der Waals surface area contributed by atoms with Crippen LogP contribution in [0.1, 0.15) is 6.92 Å². The standard InChI is InChI=1S/C10H18N4O2S2/c1-7(15)11-9-12-13-10(18-9)17-6-8(16)5-14(2,3)4/h8,16H,5-6H2,1-4H3/p+1. The van der Waals surface area contributed by atoms with Gasteiger partial charge in [-0.05, 0) is 0 Å². The molecule has 1 aromatic rings. The van der Waals surface area contributed by atoms with Gasteiger partial charge in [-0.2, -0.15) is 0 Å². The highest BCUT2D eigenvalue weighted by Gasteiger charge is 2.16. The number of hydrogen-bond donors (Lipinski definition) is 2. The van der Waals surface area contributed by atoms with Gasteiger partial charge >= 0.3 is 0 Å². The van der Waals surface area contributed by atoms with Crippen LogP contribution >= 0.6 is 23.1 Å². The molecular formula is C10H19N4O2S2+. The van der Waals surface area contributed by atoms with Gasteiger partial charge in [0.2, 0.25) is 11.0 Å². The van der Waals surface area contributed by atoms with Gasteiger partial charge in [-0.25, -0.2) is 0 Å². The number of thioether (sulfide) groups is 1. The van der Waals surface area contributed by atoms with Gasteiger partial charge in [0, 0.05) is 12.7 Å². The minimum Gasteiger partial charge on any atom is -0.386 e. The predicted octanol–water partition coefficient (Wildman–Crippen LogP) is 0.656. The van der Waals surface area contributed by atoms with Gasteiger partial charge in [0.15, 0.2) is 4.34 Å². The summed E-state index contributed by atoms with van der Waals surface area (Å²) in [6.45, 7) is 2.11. The number of amides is 1. The lowest BCUT2D eigenvalue weighted by Crippen LogP contribution is -2.42. The molecule has 18 heavy (non-hydrogen) atoms. The molecule has 0 radical (unpaired) electrons. The van der Waals surface area contributed by atoms with Crippen molar-refractivity contribution in [2.75, 3.05) is 38.8 Å². The molecule has 1 amide bonds. The number of nitrogens with zero attached hydrogens (tertiary/aromatic N) is 3. The monoisotopic (exact) mass is 291 g/mol. The van der Waals surface area contributed by atoms with Gasteiger partial charge in [-0.3, -0.25) is 4.79 Å². The van der Waals surface area contributed by atoms with Gasteiger partial charge in [-0.1, -0.05) is 23.1 Å². The summed E-state index contributed by atoms with van der Waals surface area (Å²) in [6, 6.07) is 0. The van der Waals surface area contributed by atoms with E-state index in [0.29, 0.717) is 17.4 Å². The molecule has 2 N–H and O–H groups in total. The molecule has 0 saturated carbocycles. The highest BCUT2D eigenvalue weighted by Crippen LogP contribution is 2.26. The van der Waals surface area contributed by atoms with Crippen LogP contribution in [0, 0.1) is 0 Å². The van der Waals surface area contributed by atoms with E-state index in [1.54, 1.807) is 0 Å². The molecule has 0 bridgehead atoms. The molecule has 6 nitrogen and oxygen atoms in total. The van der Waals surface area contributed by atoms with E-state index in [0.717, 1.165) is 8.82 Å². The number of aromatic nitrogens is 2. The van der Waals surface area contributed by atoms with Gasteiger partial charge in [0.05, 0.1) is 21.1 Å². The number of carbonyl (C=O) groups excluding carboxylic acids is 1. The summed E-state index contributed by atoms with van der Waals surface area (Å²) in [6.07, 6.45) is -0.386. The topological polar surface area (TPSA) is 75.1 Å². The zero-order valence-electron chi connectivity index (χ0n) is 11.0. The lowest BCUT2D eigenvalue weighted by molar-refractivity contribution is -0.873. The second-order valence-corrected chi connectivity index (χ2v) is 7.24. The van der Waals surface area contributed by atoms with E-state index in [1.165, 1.54) is 30.0 Å². The third kappa shape index (κ3) is 6.29. The minimum absolute atomic E-state index is 0.159. The van der Waals surface area contributed by atoms with E-state index in [1.807, 2.05) is 21.1 Å². The maximum Gasteiger partial charge on any atom is 0.223 e. The normalized spacial score (nSPS) is 13.4. The maximum absolute atomic E-state index is 10.8. The van der Waals surface area contributed by atoms with Crippen molar-refractivity contribution in [2.45, 2.75) is 17.4 Å². The van der Waals surface area contributed by atoms with Crippen LogP contribution in [0.5, 0.6) is 0 Å². The molecule has 0 aliphatic heterocycles. The zero-order valence-corrected chi connectivity index (χ0v) is 12.6. The number of likely N-dealkylation sites (N-methyl/N-ethyl adjacent to an activating group) is 1. The van der Waals surface area contributed by atoms with Crippen molar-refractivity contribution in [1.29, 1.82) is 0 Å². The summed E-state index contributed by atoms with van der Waals surface area (Å²) in [4.78, 5) is 10.8. The highest BCUT2D eigenvalue weighted by atomic mass is 32.2. The molecule has 0 fully saturated rings. The lowest BCUT2D eigenvalue weighted by atomic mass is 10.3. The predicted molar refractivity (Wildman–Crippen MR) is 73.8 cm³/mol. The first kappa shape index (κ1) is 15.4. The van der Waals surface area contributed by atoms with Crippen molar-refractivity contribution < 1.29 is 14.4 Å². The molecular weight excluding hydrogens is 272 g/mol. The number of hydrogen-bond acceptors (Lipinski definition) is 6. The molecule has 1 heterocycles. The number of aliphatic hydroxyl groups is 1. The number of nitrogens with one attached hydrogen (secondary N) is 1. The van der Waals surface area contributed by atoms with Crippen molar-refractivity contribution in [1.82, 2.24) is 10.2 Å². The van der Waals surface area contributed by atoms with Crippen molar-refractivity contribution in [2.24, 2.45) is 0 Å². The van der Waals surface area contributed by atoms with Crippen molar-refractivity contribution >= 4 is 34.1 Å². The van der Waals surface area contributed by atoms with Crippen LogP contribution in [0.4, 0.5) is 5.13 Å². The average Bonchev–Trinajstić information content (AvgIpc) is 2.59. The first-order valence-electron chi connectivity index (χ1n) is 5.48. The number of aliphatic hydroxyl groups excluding tert-OH is 1. The molecule has 1 aromatic heterocycles. The second kappa shape index (κ2) is 6.46. The summed E-state index contributed by atoms with van der Waals surface area (Å²) < 4.78 is 1.47. The summed E-state index contributed by atoms with van der Waals surface area (Å²) >= 11 is 2.76. The third-order valence-electron chi connectivity index (χ3n) is 1.85. The molecule has 0 spiro atoms. The van der Waals surface area contributed by atoms with Crippen LogP contribution in [0.3, 0.4) is 0 Å². The summed E-state index contributed by atoms with van der Waals surface area (Å²) in [5.74, 6) is 0.414. The second-order valence-electron chi connectivity index (χ2n) is 4.99. The molecule has 1 rings (SSSR count). The lowest BCUT2D eigenvalue weighted by Gasteiger charge is -2.26. The zero-order chi connectivity index (χ0) is 13.8. The van der Waals surface area contributed by atoms with Gasteiger partial charge in [-0.15, -0.1) is 10.2 Å².